The fourth-order valence-corrected chi connectivity index (χ4v) is 5.12. The summed E-state index contributed by atoms with van der Waals surface area (Å²) in [6, 6.07) is 3.75. The van der Waals surface area contributed by atoms with E-state index in [1.54, 1.807) is 12.1 Å². The Morgan fingerprint density at radius 2 is 2.00 bits per heavy atom. The summed E-state index contributed by atoms with van der Waals surface area (Å²) in [4.78, 5) is 23.6. The molecule has 6 nitrogen and oxygen atoms in total. The minimum absolute atomic E-state index is 0.0670. The van der Waals surface area contributed by atoms with Gasteiger partial charge in [-0.2, -0.15) is 0 Å². The highest BCUT2D eigenvalue weighted by Crippen LogP contribution is 2.62. The van der Waals surface area contributed by atoms with Crippen LogP contribution in [0.3, 0.4) is 0 Å². The first-order valence-electron chi connectivity index (χ1n) is 9.31. The highest BCUT2D eigenvalue weighted by atomic mass is 16.5. The average Bonchev–Trinajstić information content (AvgIpc) is 2.94. The number of fused-ring (bicyclic) bond motifs is 2. The van der Waals surface area contributed by atoms with Crippen LogP contribution in [0.2, 0.25) is 0 Å². The van der Waals surface area contributed by atoms with E-state index >= 15 is 0 Å². The number of amides is 1. The normalized spacial score (nSPS) is 28.0. The van der Waals surface area contributed by atoms with E-state index in [4.69, 9.17) is 14.6 Å². The van der Waals surface area contributed by atoms with Gasteiger partial charge in [0, 0.05) is 29.5 Å². The third-order valence-corrected chi connectivity index (χ3v) is 6.39. The summed E-state index contributed by atoms with van der Waals surface area (Å²) in [6.07, 6.45) is 4.85. The lowest BCUT2D eigenvalue weighted by atomic mass is 9.46. The molecule has 1 aromatic carbocycles. The van der Waals surface area contributed by atoms with Gasteiger partial charge < -0.3 is 19.9 Å². The first-order valence-corrected chi connectivity index (χ1v) is 9.31. The van der Waals surface area contributed by atoms with E-state index < -0.39 is 5.97 Å². The molecule has 3 aliphatic rings. The molecule has 1 aliphatic heterocycles. The van der Waals surface area contributed by atoms with Gasteiger partial charge in [0.05, 0.1) is 6.10 Å². The number of rotatable bonds is 5. The van der Waals surface area contributed by atoms with Gasteiger partial charge in [0.1, 0.15) is 5.75 Å². The Hall–Kier alpha value is -2.08. The largest absolute Gasteiger partial charge is 0.481 e. The van der Waals surface area contributed by atoms with Crippen molar-refractivity contribution < 1.29 is 24.2 Å². The van der Waals surface area contributed by atoms with Crippen LogP contribution in [-0.4, -0.2) is 42.3 Å². The fourth-order valence-electron chi connectivity index (χ4n) is 5.12. The Labute approximate surface area is 152 Å². The SMILES string of the molecule is Cc1cc(C(=O)NC2C3CCOC3C23CCC3)cc(C)c1OCC(=O)O. The standard InChI is InChI=1S/C20H25NO5/c1-11-8-13(9-12(2)16(11)26-10-15(22)23)19(24)21-17-14-4-7-25-18(14)20(17)5-3-6-20/h8-9,14,17-18H,3-7,10H2,1-2H3,(H,21,24)(H,22,23). The number of nitrogens with one attached hydrogen (secondary N) is 1. The summed E-state index contributed by atoms with van der Waals surface area (Å²) in [5, 5.41) is 12.1. The summed E-state index contributed by atoms with van der Waals surface area (Å²) in [7, 11) is 0. The lowest BCUT2D eigenvalue weighted by molar-refractivity contribution is -0.172. The van der Waals surface area contributed by atoms with Gasteiger partial charge in [-0.15, -0.1) is 0 Å². The molecule has 0 bridgehead atoms. The average molecular weight is 359 g/mol. The van der Waals surface area contributed by atoms with E-state index in [0.29, 0.717) is 23.3 Å². The van der Waals surface area contributed by atoms with Crippen molar-refractivity contribution in [2.24, 2.45) is 11.3 Å². The Morgan fingerprint density at radius 3 is 2.58 bits per heavy atom. The van der Waals surface area contributed by atoms with E-state index in [1.165, 1.54) is 6.42 Å². The zero-order chi connectivity index (χ0) is 18.5. The van der Waals surface area contributed by atoms with Crippen LogP contribution in [0.5, 0.6) is 5.75 Å². The van der Waals surface area contributed by atoms with Crippen molar-refractivity contribution in [1.82, 2.24) is 5.32 Å². The Balaban J connectivity index is 1.49. The van der Waals surface area contributed by atoms with Crippen molar-refractivity contribution in [3.63, 3.8) is 0 Å². The highest BCUT2D eigenvalue weighted by molar-refractivity contribution is 5.95. The summed E-state index contributed by atoms with van der Waals surface area (Å²) in [6.45, 7) is 4.08. The van der Waals surface area contributed by atoms with Crippen LogP contribution in [0.1, 0.15) is 47.2 Å². The predicted molar refractivity (Wildman–Crippen MR) is 94.4 cm³/mol. The number of benzene rings is 1. The second-order valence-corrected chi connectivity index (χ2v) is 7.90. The van der Waals surface area contributed by atoms with Crippen LogP contribution >= 0.6 is 0 Å². The molecule has 3 fully saturated rings. The van der Waals surface area contributed by atoms with Gasteiger partial charge in [0.15, 0.2) is 6.61 Å². The van der Waals surface area contributed by atoms with Crippen molar-refractivity contribution in [3.8, 4) is 5.75 Å². The molecule has 0 radical (unpaired) electrons. The first-order chi connectivity index (χ1) is 12.4. The molecule has 1 heterocycles. The van der Waals surface area contributed by atoms with Crippen LogP contribution in [0.4, 0.5) is 0 Å². The van der Waals surface area contributed by atoms with Gasteiger partial charge in [-0.25, -0.2) is 4.79 Å². The molecule has 3 unspecified atom stereocenters. The molecule has 0 aromatic heterocycles. The topological polar surface area (TPSA) is 84.9 Å². The zero-order valence-electron chi connectivity index (χ0n) is 15.2. The number of aryl methyl sites for hydroxylation is 2. The molecule has 3 atom stereocenters. The maximum absolute atomic E-state index is 12.9. The molecule has 4 rings (SSSR count). The number of hydrogen-bond acceptors (Lipinski definition) is 4. The Kier molecular flexibility index (Phi) is 4.18. The fraction of sp³-hybridized carbons (Fsp3) is 0.600. The second-order valence-electron chi connectivity index (χ2n) is 7.90. The summed E-state index contributed by atoms with van der Waals surface area (Å²) in [5.74, 6) is -0.107. The molecule has 2 saturated carbocycles. The molecule has 1 saturated heterocycles. The lowest BCUT2D eigenvalue weighted by Gasteiger charge is -2.63. The second kappa shape index (κ2) is 6.27. The van der Waals surface area contributed by atoms with Gasteiger partial charge >= 0.3 is 5.97 Å². The van der Waals surface area contributed by atoms with Crippen molar-refractivity contribution in [1.29, 1.82) is 0 Å². The van der Waals surface area contributed by atoms with Gasteiger partial charge in [0.2, 0.25) is 0 Å². The minimum atomic E-state index is -1.02. The van der Waals surface area contributed by atoms with E-state index in [9.17, 15) is 9.59 Å². The van der Waals surface area contributed by atoms with Crippen LogP contribution in [0, 0.1) is 25.2 Å². The molecule has 6 heteroatoms. The smallest absolute Gasteiger partial charge is 0.341 e. The Morgan fingerprint density at radius 1 is 1.31 bits per heavy atom. The Bertz CT molecular complexity index is 732. The van der Waals surface area contributed by atoms with Crippen molar-refractivity contribution in [2.45, 2.75) is 51.7 Å². The molecule has 140 valence electrons. The van der Waals surface area contributed by atoms with Crippen LogP contribution in [0.25, 0.3) is 0 Å². The number of aliphatic carboxylic acids is 1. The van der Waals surface area contributed by atoms with Gasteiger partial charge in [-0.3, -0.25) is 4.79 Å². The number of carbonyl (C=O) groups is 2. The summed E-state index contributed by atoms with van der Waals surface area (Å²) < 4.78 is 11.3. The summed E-state index contributed by atoms with van der Waals surface area (Å²) >= 11 is 0. The molecule has 26 heavy (non-hydrogen) atoms. The third kappa shape index (κ3) is 2.58. The molecule has 1 amide bonds. The quantitative estimate of drug-likeness (QED) is 0.844. The third-order valence-electron chi connectivity index (χ3n) is 6.39. The molecular formula is C20H25NO5. The van der Waals surface area contributed by atoms with E-state index in [0.717, 1.165) is 37.0 Å². The molecule has 2 aliphatic carbocycles. The summed E-state index contributed by atoms with van der Waals surface area (Å²) in [5.41, 5.74) is 2.29. The van der Waals surface area contributed by atoms with Gasteiger partial charge in [0.25, 0.3) is 5.91 Å². The zero-order valence-corrected chi connectivity index (χ0v) is 15.2. The van der Waals surface area contributed by atoms with Crippen molar-refractivity contribution in [3.05, 3.63) is 28.8 Å². The van der Waals surface area contributed by atoms with Gasteiger partial charge in [-0.05, 0) is 56.4 Å². The van der Waals surface area contributed by atoms with E-state index in [2.05, 4.69) is 5.32 Å². The van der Waals surface area contributed by atoms with E-state index in [1.807, 2.05) is 13.8 Å². The molecule has 2 N–H and O–H groups in total. The minimum Gasteiger partial charge on any atom is -0.481 e. The molecular weight excluding hydrogens is 334 g/mol. The van der Waals surface area contributed by atoms with E-state index in [-0.39, 0.29) is 24.0 Å². The van der Waals surface area contributed by atoms with Crippen LogP contribution < -0.4 is 10.1 Å². The maximum atomic E-state index is 12.9. The van der Waals surface area contributed by atoms with Gasteiger partial charge in [-0.1, -0.05) is 6.42 Å². The number of hydrogen-bond donors (Lipinski definition) is 2. The maximum Gasteiger partial charge on any atom is 0.341 e. The number of carboxylic acids is 1. The highest BCUT2D eigenvalue weighted by Gasteiger charge is 2.66. The van der Waals surface area contributed by atoms with Crippen molar-refractivity contribution in [2.75, 3.05) is 13.2 Å². The van der Waals surface area contributed by atoms with Crippen molar-refractivity contribution >= 4 is 11.9 Å². The van der Waals surface area contributed by atoms with Crippen LogP contribution in [-0.2, 0) is 9.53 Å². The molecule has 1 spiro atoms. The van der Waals surface area contributed by atoms with Crippen LogP contribution in [0.15, 0.2) is 12.1 Å². The number of carbonyl (C=O) groups excluding carboxylic acids is 1. The number of ether oxygens (including phenoxy) is 2. The lowest BCUT2D eigenvalue weighted by Crippen LogP contribution is -2.71. The predicted octanol–water partition coefficient (Wildman–Crippen LogP) is 2.45. The monoisotopic (exact) mass is 359 g/mol. The first kappa shape index (κ1) is 17.3. The number of carboxylic acid groups (broad SMARTS) is 1. The molecule has 1 aromatic rings.